The second-order valence-corrected chi connectivity index (χ2v) is 5.26. The first-order chi connectivity index (χ1) is 9.11. The standard InChI is InChI=1S/C15H24N2O2/c1-4-19-13-7-5-12(6-8-13)15(18)14-11-16(2)9-10-17(14)3/h5-8,14-15,18H,4,9-11H2,1-3H3. The Kier molecular flexibility index (Phi) is 4.80. The molecule has 1 fully saturated rings. The number of rotatable bonds is 4. The van der Waals surface area contributed by atoms with Gasteiger partial charge in [-0.1, -0.05) is 12.1 Å². The molecule has 2 rings (SSSR count). The molecule has 4 heteroatoms. The van der Waals surface area contributed by atoms with Crippen LogP contribution in [0.15, 0.2) is 24.3 Å². The highest BCUT2D eigenvalue weighted by Crippen LogP contribution is 2.24. The van der Waals surface area contributed by atoms with Crippen molar-refractivity contribution in [2.75, 3.05) is 40.3 Å². The maximum absolute atomic E-state index is 10.5. The Morgan fingerprint density at radius 2 is 1.95 bits per heavy atom. The van der Waals surface area contributed by atoms with Crippen molar-refractivity contribution in [3.8, 4) is 5.75 Å². The van der Waals surface area contributed by atoms with Crippen LogP contribution in [0.1, 0.15) is 18.6 Å². The molecule has 0 bridgehead atoms. The summed E-state index contributed by atoms with van der Waals surface area (Å²) in [6.45, 7) is 5.58. The number of nitrogens with zero attached hydrogens (tertiary/aromatic N) is 2. The molecule has 1 aliphatic heterocycles. The van der Waals surface area contributed by atoms with E-state index in [1.165, 1.54) is 0 Å². The van der Waals surface area contributed by atoms with E-state index in [2.05, 4.69) is 23.9 Å². The number of hydrogen-bond donors (Lipinski definition) is 1. The maximum atomic E-state index is 10.5. The second kappa shape index (κ2) is 6.37. The van der Waals surface area contributed by atoms with Crippen molar-refractivity contribution in [3.05, 3.63) is 29.8 Å². The van der Waals surface area contributed by atoms with E-state index >= 15 is 0 Å². The van der Waals surface area contributed by atoms with Gasteiger partial charge in [-0.25, -0.2) is 0 Å². The van der Waals surface area contributed by atoms with Gasteiger partial charge in [-0.15, -0.1) is 0 Å². The van der Waals surface area contributed by atoms with E-state index in [1.807, 2.05) is 31.2 Å². The fourth-order valence-electron chi connectivity index (χ4n) is 2.54. The summed E-state index contributed by atoms with van der Waals surface area (Å²) < 4.78 is 5.42. The minimum atomic E-state index is -0.455. The topological polar surface area (TPSA) is 35.9 Å². The highest BCUT2D eigenvalue weighted by atomic mass is 16.5. The smallest absolute Gasteiger partial charge is 0.119 e. The van der Waals surface area contributed by atoms with Gasteiger partial charge >= 0.3 is 0 Å². The molecule has 1 heterocycles. The molecule has 1 aromatic rings. The lowest BCUT2D eigenvalue weighted by Gasteiger charge is -2.40. The van der Waals surface area contributed by atoms with Crippen LogP contribution in [0.2, 0.25) is 0 Å². The van der Waals surface area contributed by atoms with E-state index in [0.717, 1.165) is 30.9 Å². The van der Waals surface area contributed by atoms with Crippen molar-refractivity contribution in [2.45, 2.75) is 19.1 Å². The van der Waals surface area contributed by atoms with E-state index in [9.17, 15) is 5.11 Å². The van der Waals surface area contributed by atoms with Crippen molar-refractivity contribution in [1.82, 2.24) is 9.80 Å². The van der Waals surface area contributed by atoms with Crippen molar-refractivity contribution in [3.63, 3.8) is 0 Å². The van der Waals surface area contributed by atoms with Gasteiger partial charge in [0.25, 0.3) is 0 Å². The van der Waals surface area contributed by atoms with Crippen molar-refractivity contribution < 1.29 is 9.84 Å². The summed E-state index contributed by atoms with van der Waals surface area (Å²) in [5.41, 5.74) is 0.954. The summed E-state index contributed by atoms with van der Waals surface area (Å²) in [4.78, 5) is 4.50. The Balaban J connectivity index is 2.07. The zero-order valence-electron chi connectivity index (χ0n) is 12.0. The molecule has 1 aromatic carbocycles. The quantitative estimate of drug-likeness (QED) is 0.891. The largest absolute Gasteiger partial charge is 0.494 e. The third kappa shape index (κ3) is 3.47. The molecule has 1 N–H and O–H groups in total. The summed E-state index contributed by atoms with van der Waals surface area (Å²) in [6, 6.07) is 7.91. The zero-order valence-corrected chi connectivity index (χ0v) is 12.0. The second-order valence-electron chi connectivity index (χ2n) is 5.26. The molecule has 0 spiro atoms. The van der Waals surface area contributed by atoms with Crippen molar-refractivity contribution in [2.24, 2.45) is 0 Å². The van der Waals surface area contributed by atoms with Crippen LogP contribution in [0, 0.1) is 0 Å². The van der Waals surface area contributed by atoms with E-state index in [0.29, 0.717) is 6.61 Å². The third-order valence-electron chi connectivity index (χ3n) is 3.80. The van der Waals surface area contributed by atoms with Gasteiger partial charge in [0.2, 0.25) is 0 Å². The molecule has 1 saturated heterocycles. The molecule has 0 aliphatic carbocycles. The molecule has 106 valence electrons. The first-order valence-electron chi connectivity index (χ1n) is 6.91. The van der Waals surface area contributed by atoms with Crippen molar-refractivity contribution >= 4 is 0 Å². The highest BCUT2D eigenvalue weighted by molar-refractivity contribution is 5.29. The number of aliphatic hydroxyl groups excluding tert-OH is 1. The van der Waals surface area contributed by atoms with Gasteiger partial charge in [0, 0.05) is 19.6 Å². The molecule has 0 aromatic heterocycles. The van der Waals surface area contributed by atoms with Gasteiger partial charge in [0.05, 0.1) is 18.8 Å². The summed E-state index contributed by atoms with van der Waals surface area (Å²) >= 11 is 0. The van der Waals surface area contributed by atoms with Crippen LogP contribution in [-0.2, 0) is 0 Å². The SMILES string of the molecule is CCOc1ccc(C(O)C2CN(C)CCN2C)cc1. The van der Waals surface area contributed by atoms with Gasteiger partial charge in [-0.3, -0.25) is 4.90 Å². The number of ether oxygens (including phenoxy) is 1. The number of hydrogen-bond acceptors (Lipinski definition) is 4. The Labute approximate surface area is 115 Å². The minimum Gasteiger partial charge on any atom is -0.494 e. The first-order valence-corrected chi connectivity index (χ1v) is 6.91. The number of aliphatic hydroxyl groups is 1. The van der Waals surface area contributed by atoms with E-state index in [1.54, 1.807) is 0 Å². The Bertz CT molecular complexity index is 394. The predicted octanol–water partition coefficient (Wildman–Crippen LogP) is 1.36. The van der Waals surface area contributed by atoms with Crippen LogP contribution in [0.5, 0.6) is 5.75 Å². The minimum absolute atomic E-state index is 0.150. The van der Waals surface area contributed by atoms with E-state index < -0.39 is 6.10 Å². The normalized spacial score (nSPS) is 23.3. The van der Waals surface area contributed by atoms with Gasteiger partial charge in [0.15, 0.2) is 0 Å². The lowest BCUT2D eigenvalue weighted by atomic mass is 9.99. The Morgan fingerprint density at radius 3 is 2.58 bits per heavy atom. The third-order valence-corrected chi connectivity index (χ3v) is 3.80. The van der Waals surface area contributed by atoms with Gasteiger partial charge < -0.3 is 14.7 Å². The van der Waals surface area contributed by atoms with Gasteiger partial charge in [-0.05, 0) is 38.7 Å². The predicted molar refractivity (Wildman–Crippen MR) is 76.5 cm³/mol. The molecule has 2 unspecified atom stereocenters. The molecule has 4 nitrogen and oxygen atoms in total. The molecule has 2 atom stereocenters. The molecular weight excluding hydrogens is 240 g/mol. The summed E-state index contributed by atoms with van der Waals surface area (Å²) in [6.07, 6.45) is -0.455. The number of likely N-dealkylation sites (N-methyl/N-ethyl adjacent to an activating group) is 2. The molecule has 0 saturated carbocycles. The Morgan fingerprint density at radius 1 is 1.26 bits per heavy atom. The van der Waals surface area contributed by atoms with Crippen molar-refractivity contribution in [1.29, 1.82) is 0 Å². The average Bonchev–Trinajstić information content (AvgIpc) is 2.42. The van der Waals surface area contributed by atoms with Crippen LogP contribution in [-0.4, -0.2) is 61.3 Å². The van der Waals surface area contributed by atoms with E-state index in [4.69, 9.17) is 4.74 Å². The Hall–Kier alpha value is -1.10. The summed E-state index contributed by atoms with van der Waals surface area (Å²) in [7, 11) is 4.18. The van der Waals surface area contributed by atoms with Crippen LogP contribution >= 0.6 is 0 Å². The molecular formula is C15H24N2O2. The van der Waals surface area contributed by atoms with Crippen LogP contribution in [0.3, 0.4) is 0 Å². The zero-order chi connectivity index (χ0) is 13.8. The highest BCUT2D eigenvalue weighted by Gasteiger charge is 2.29. The summed E-state index contributed by atoms with van der Waals surface area (Å²) in [5, 5.41) is 10.5. The van der Waals surface area contributed by atoms with Crippen LogP contribution in [0.25, 0.3) is 0 Å². The van der Waals surface area contributed by atoms with Crippen LogP contribution in [0.4, 0.5) is 0 Å². The fraction of sp³-hybridized carbons (Fsp3) is 0.600. The number of benzene rings is 1. The lowest BCUT2D eigenvalue weighted by Crippen LogP contribution is -2.52. The van der Waals surface area contributed by atoms with Crippen LogP contribution < -0.4 is 4.74 Å². The molecule has 19 heavy (non-hydrogen) atoms. The van der Waals surface area contributed by atoms with Gasteiger partial charge in [-0.2, -0.15) is 0 Å². The molecule has 0 radical (unpaired) electrons. The first kappa shape index (κ1) is 14.3. The average molecular weight is 264 g/mol. The monoisotopic (exact) mass is 264 g/mol. The van der Waals surface area contributed by atoms with E-state index in [-0.39, 0.29) is 6.04 Å². The van der Waals surface area contributed by atoms with Gasteiger partial charge in [0.1, 0.15) is 5.75 Å². The fourth-order valence-corrected chi connectivity index (χ4v) is 2.54. The summed E-state index contributed by atoms with van der Waals surface area (Å²) in [5.74, 6) is 0.854. The molecule has 1 aliphatic rings. The number of piperazine rings is 1. The lowest BCUT2D eigenvalue weighted by molar-refractivity contribution is 0.0138. The maximum Gasteiger partial charge on any atom is 0.119 e. The molecule has 0 amide bonds.